The minimum absolute atomic E-state index is 0.0595. The Bertz CT molecular complexity index is 1700. The Kier molecular flexibility index (Phi) is 11.4. The van der Waals surface area contributed by atoms with E-state index in [0.29, 0.717) is 34.0 Å². The number of nitrogens with one attached hydrogen (secondary N) is 1. The van der Waals surface area contributed by atoms with Crippen LogP contribution in [-0.2, 0) is 5.41 Å². The average molecular weight is 670 g/mol. The highest BCUT2D eigenvalue weighted by molar-refractivity contribution is 6.04. The van der Waals surface area contributed by atoms with Gasteiger partial charge in [-0.3, -0.25) is 4.79 Å². The summed E-state index contributed by atoms with van der Waals surface area (Å²) in [5.41, 5.74) is 30.6. The van der Waals surface area contributed by atoms with Crippen LogP contribution in [0.25, 0.3) is 0 Å². The van der Waals surface area contributed by atoms with E-state index in [2.05, 4.69) is 5.32 Å². The van der Waals surface area contributed by atoms with Gasteiger partial charge < -0.3 is 39.7 Å². The Hall–Kier alpha value is -6.05. The van der Waals surface area contributed by atoms with Crippen LogP contribution >= 0.6 is 0 Å². The van der Waals surface area contributed by atoms with Gasteiger partial charge in [0.15, 0.2) is 0 Å². The van der Waals surface area contributed by atoms with Gasteiger partial charge in [-0.1, -0.05) is 30.3 Å². The lowest BCUT2D eigenvalue weighted by Crippen LogP contribution is -2.54. The number of nitrogen functional groups attached to an aromatic ring is 6. The van der Waals surface area contributed by atoms with Gasteiger partial charge in [0.2, 0.25) is 5.41 Å². The van der Waals surface area contributed by atoms with Crippen LogP contribution < -0.4 is 39.7 Å². The zero-order valence-corrected chi connectivity index (χ0v) is 25.2. The van der Waals surface area contributed by atoms with Crippen molar-refractivity contribution >= 4 is 45.7 Å². The molecule has 0 aliphatic heterocycles. The van der Waals surface area contributed by atoms with Crippen molar-refractivity contribution in [1.82, 2.24) is 0 Å². The summed E-state index contributed by atoms with van der Waals surface area (Å²) in [5, 5.41) is 2.77. The number of anilines is 7. The SMILES string of the molecule is Nc1ccc(C(c2ccc(N)cc2)(C(F)(F)F)C(F)(F)F)cc1.Nc1ccc(NC(=O)c2ccc(N)cc2)cc1.Nc1cccc(N)c1. The molecule has 13 N–H and O–H groups in total. The molecule has 0 radical (unpaired) electrons. The number of benzene rings is 5. The molecule has 14 heteroatoms. The fourth-order valence-corrected chi connectivity index (χ4v) is 4.41. The molecule has 5 rings (SSSR count). The second-order valence-electron chi connectivity index (χ2n) is 10.4. The van der Waals surface area contributed by atoms with Crippen molar-refractivity contribution in [2.45, 2.75) is 17.8 Å². The zero-order chi connectivity index (χ0) is 35.7. The third-order valence-corrected chi connectivity index (χ3v) is 6.79. The molecule has 48 heavy (non-hydrogen) atoms. The van der Waals surface area contributed by atoms with Crippen molar-refractivity contribution in [3.8, 4) is 0 Å². The molecule has 0 bridgehead atoms. The van der Waals surface area contributed by atoms with E-state index in [-0.39, 0.29) is 17.3 Å². The van der Waals surface area contributed by atoms with Crippen molar-refractivity contribution in [2.24, 2.45) is 0 Å². The molecular weight excluding hydrogens is 636 g/mol. The number of carbonyl (C=O) groups excluding carboxylic acids is 1. The van der Waals surface area contributed by atoms with E-state index in [0.717, 1.165) is 48.5 Å². The van der Waals surface area contributed by atoms with Crippen molar-refractivity contribution in [3.63, 3.8) is 0 Å². The molecule has 0 fully saturated rings. The molecule has 0 atom stereocenters. The summed E-state index contributed by atoms with van der Waals surface area (Å²) >= 11 is 0. The Morgan fingerprint density at radius 1 is 0.458 bits per heavy atom. The summed E-state index contributed by atoms with van der Waals surface area (Å²) in [6.07, 6.45) is -11.2. The number of carbonyl (C=O) groups is 1. The average Bonchev–Trinajstić information content (AvgIpc) is 3.00. The van der Waals surface area contributed by atoms with Crippen molar-refractivity contribution in [1.29, 1.82) is 0 Å². The van der Waals surface area contributed by atoms with E-state index in [1.54, 1.807) is 66.7 Å². The Morgan fingerprint density at radius 2 is 0.792 bits per heavy atom. The van der Waals surface area contributed by atoms with Crippen molar-refractivity contribution in [3.05, 3.63) is 138 Å². The second-order valence-corrected chi connectivity index (χ2v) is 10.4. The van der Waals surface area contributed by atoms with E-state index in [1.807, 2.05) is 6.07 Å². The van der Waals surface area contributed by atoms with Crippen LogP contribution in [0.2, 0.25) is 0 Å². The zero-order valence-electron chi connectivity index (χ0n) is 25.2. The molecule has 8 nitrogen and oxygen atoms in total. The van der Waals surface area contributed by atoms with E-state index in [9.17, 15) is 31.1 Å². The van der Waals surface area contributed by atoms with E-state index in [4.69, 9.17) is 34.4 Å². The van der Waals surface area contributed by atoms with Crippen molar-refractivity contribution in [2.75, 3.05) is 39.7 Å². The summed E-state index contributed by atoms with van der Waals surface area (Å²) in [7, 11) is 0. The molecule has 5 aromatic rings. The third-order valence-electron chi connectivity index (χ3n) is 6.79. The number of alkyl halides is 6. The van der Waals surface area contributed by atoms with Crippen molar-refractivity contribution < 1.29 is 31.1 Å². The Balaban J connectivity index is 0.000000218. The quantitative estimate of drug-likeness (QED) is 0.0778. The highest BCUT2D eigenvalue weighted by atomic mass is 19.4. The van der Waals surface area contributed by atoms with Gasteiger partial charge in [0.05, 0.1) is 0 Å². The fraction of sp³-hybridized carbons (Fsp3) is 0.0882. The monoisotopic (exact) mass is 669 g/mol. The van der Waals surface area contributed by atoms with E-state index in [1.165, 1.54) is 0 Å². The third kappa shape index (κ3) is 9.02. The van der Waals surface area contributed by atoms with Gasteiger partial charge in [-0.05, 0) is 102 Å². The Morgan fingerprint density at radius 3 is 1.10 bits per heavy atom. The molecule has 0 saturated carbocycles. The number of nitrogens with two attached hydrogens (primary N) is 6. The maximum absolute atomic E-state index is 13.7. The summed E-state index contributed by atoms with van der Waals surface area (Å²) in [6.45, 7) is 0. The molecule has 5 aromatic carbocycles. The molecule has 252 valence electrons. The summed E-state index contributed by atoms with van der Waals surface area (Å²) < 4.78 is 82.0. The van der Waals surface area contributed by atoms with E-state index >= 15 is 0 Å². The summed E-state index contributed by atoms with van der Waals surface area (Å²) in [4.78, 5) is 11.8. The van der Waals surface area contributed by atoms with Crippen LogP contribution in [0.15, 0.2) is 121 Å². The number of halogens is 6. The molecule has 0 aliphatic carbocycles. The molecular formula is C34H33F6N7O. The smallest absolute Gasteiger partial charge is 0.399 e. The molecule has 0 saturated heterocycles. The van der Waals surface area contributed by atoms with Gasteiger partial charge >= 0.3 is 12.4 Å². The van der Waals surface area contributed by atoms with E-state index < -0.39 is 28.9 Å². The Labute approximate surface area is 272 Å². The minimum Gasteiger partial charge on any atom is -0.399 e. The second kappa shape index (κ2) is 15.0. The first-order chi connectivity index (χ1) is 22.4. The molecule has 0 aromatic heterocycles. The predicted octanol–water partition coefficient (Wildman–Crippen LogP) is 7.22. The highest BCUT2D eigenvalue weighted by Crippen LogP contribution is 2.56. The van der Waals surface area contributed by atoms with Crippen LogP contribution in [0.3, 0.4) is 0 Å². The first kappa shape index (κ1) is 36.4. The molecule has 0 heterocycles. The summed E-state index contributed by atoms with van der Waals surface area (Å²) in [6, 6.07) is 27.8. The highest BCUT2D eigenvalue weighted by Gasteiger charge is 2.72. The van der Waals surface area contributed by atoms with Gasteiger partial charge in [-0.2, -0.15) is 26.3 Å². The summed E-state index contributed by atoms with van der Waals surface area (Å²) in [5.74, 6) is -0.172. The fourth-order valence-electron chi connectivity index (χ4n) is 4.41. The van der Waals surface area contributed by atoms with Crippen LogP contribution in [-0.4, -0.2) is 18.3 Å². The standard InChI is InChI=1S/C15H12F6N2.C13H13N3O.C6H8N2/c16-14(17,18)13(15(19,20)21,9-1-5-11(22)6-2-9)10-3-7-12(23)8-4-10;14-10-3-1-9(2-4-10)13(17)16-12-7-5-11(15)6-8-12;7-5-2-1-3-6(8)4-5/h1-8H,22-23H2;1-8H,14-15H2,(H,16,17);1-4H,7-8H2. The van der Waals surface area contributed by atoms with Gasteiger partial charge in [0.25, 0.3) is 5.91 Å². The maximum Gasteiger partial charge on any atom is 0.411 e. The number of rotatable bonds is 4. The molecule has 1 amide bonds. The van der Waals surface area contributed by atoms with Gasteiger partial charge in [-0.25, -0.2) is 0 Å². The lowest BCUT2D eigenvalue weighted by molar-refractivity contribution is -0.288. The number of hydrogen-bond donors (Lipinski definition) is 7. The molecule has 0 aliphatic rings. The maximum atomic E-state index is 13.7. The van der Waals surface area contributed by atoms with Gasteiger partial charge in [-0.15, -0.1) is 0 Å². The van der Waals surface area contributed by atoms with Gasteiger partial charge in [0, 0.05) is 45.4 Å². The van der Waals surface area contributed by atoms with Gasteiger partial charge in [0.1, 0.15) is 0 Å². The molecule has 0 spiro atoms. The largest absolute Gasteiger partial charge is 0.411 e. The first-order valence-corrected chi connectivity index (χ1v) is 13.9. The van der Waals surface area contributed by atoms with Crippen LogP contribution in [0.5, 0.6) is 0 Å². The van der Waals surface area contributed by atoms with Crippen LogP contribution in [0.1, 0.15) is 21.5 Å². The lowest BCUT2D eigenvalue weighted by Gasteiger charge is -2.38. The minimum atomic E-state index is -5.61. The van der Waals surface area contributed by atoms with Crippen LogP contribution in [0, 0.1) is 0 Å². The normalized spacial score (nSPS) is 11.3. The number of amides is 1. The first-order valence-electron chi connectivity index (χ1n) is 13.9. The number of hydrogen-bond acceptors (Lipinski definition) is 7. The van der Waals surface area contributed by atoms with Crippen LogP contribution in [0.4, 0.5) is 66.2 Å². The topological polar surface area (TPSA) is 185 Å². The predicted molar refractivity (Wildman–Crippen MR) is 180 cm³/mol. The lowest BCUT2D eigenvalue weighted by atomic mass is 9.73. The molecule has 0 unspecified atom stereocenters.